The number of amides is 1. The number of hydrogen-bond acceptors (Lipinski definition) is 4. The fourth-order valence-electron chi connectivity index (χ4n) is 2.17. The van der Waals surface area contributed by atoms with Gasteiger partial charge in [0.25, 0.3) is 0 Å². The normalized spacial score (nSPS) is 11.4. The van der Waals surface area contributed by atoms with Gasteiger partial charge in [-0.25, -0.2) is 4.99 Å². The summed E-state index contributed by atoms with van der Waals surface area (Å²) in [7, 11) is 7.22. The van der Waals surface area contributed by atoms with E-state index in [0.29, 0.717) is 12.5 Å². The summed E-state index contributed by atoms with van der Waals surface area (Å²) < 4.78 is 5.43. The molecule has 28 heavy (non-hydrogen) atoms. The number of carbonyl (C=O) groups excluding carboxylic acids is 1. The summed E-state index contributed by atoms with van der Waals surface area (Å²) in [6.07, 6.45) is 0.946. The van der Waals surface area contributed by atoms with Crippen LogP contribution < -0.4 is 15.5 Å². The SMILES string of the molecule is COC(C)(C)CNC(=NCC(=O)N(C)C)NCCCN(C)c1ccccc1.I. The number of benzene rings is 1. The van der Waals surface area contributed by atoms with Crippen molar-refractivity contribution in [3.05, 3.63) is 30.3 Å². The minimum atomic E-state index is -0.318. The second-order valence-corrected chi connectivity index (χ2v) is 7.31. The van der Waals surface area contributed by atoms with Crippen molar-refractivity contribution in [2.45, 2.75) is 25.9 Å². The molecule has 0 aliphatic heterocycles. The van der Waals surface area contributed by atoms with Gasteiger partial charge in [-0.1, -0.05) is 18.2 Å². The van der Waals surface area contributed by atoms with E-state index in [1.165, 1.54) is 10.6 Å². The lowest BCUT2D eigenvalue weighted by atomic mass is 10.1. The minimum Gasteiger partial charge on any atom is -0.377 e. The molecule has 1 aromatic rings. The molecule has 160 valence electrons. The summed E-state index contributed by atoms with van der Waals surface area (Å²) in [6.45, 7) is 6.38. The molecule has 1 amide bonds. The van der Waals surface area contributed by atoms with Crippen LogP contribution in [0.1, 0.15) is 20.3 Å². The van der Waals surface area contributed by atoms with E-state index in [0.717, 1.165) is 19.5 Å². The van der Waals surface area contributed by atoms with Gasteiger partial charge in [-0.15, -0.1) is 24.0 Å². The van der Waals surface area contributed by atoms with E-state index in [9.17, 15) is 4.79 Å². The zero-order valence-electron chi connectivity index (χ0n) is 18.0. The van der Waals surface area contributed by atoms with Gasteiger partial charge >= 0.3 is 0 Å². The molecule has 0 aliphatic rings. The maximum absolute atomic E-state index is 11.8. The Morgan fingerprint density at radius 3 is 2.36 bits per heavy atom. The summed E-state index contributed by atoms with van der Waals surface area (Å²) in [5.74, 6) is 0.587. The Bertz CT molecular complexity index is 594. The Morgan fingerprint density at radius 1 is 1.14 bits per heavy atom. The van der Waals surface area contributed by atoms with Crippen molar-refractivity contribution in [1.29, 1.82) is 0 Å². The third kappa shape index (κ3) is 10.7. The standard InChI is InChI=1S/C20H35N5O2.HI/c1-20(2,27-6)16-23-19(22-15-18(26)24(3)4)21-13-10-14-25(5)17-11-8-7-9-12-17;/h7-9,11-12H,10,13-16H2,1-6H3,(H2,21,22,23);1H. The van der Waals surface area contributed by atoms with Gasteiger partial charge in [0, 0.05) is 53.6 Å². The molecule has 0 saturated heterocycles. The van der Waals surface area contributed by atoms with Crippen molar-refractivity contribution in [3.63, 3.8) is 0 Å². The lowest BCUT2D eigenvalue weighted by Gasteiger charge is -2.25. The van der Waals surface area contributed by atoms with Crippen molar-refractivity contribution in [2.75, 3.05) is 59.3 Å². The third-order valence-corrected chi connectivity index (χ3v) is 4.27. The zero-order valence-corrected chi connectivity index (χ0v) is 20.3. The average molecular weight is 505 g/mol. The molecule has 0 aromatic heterocycles. The van der Waals surface area contributed by atoms with E-state index >= 15 is 0 Å². The van der Waals surface area contributed by atoms with Crippen LogP contribution in [0.25, 0.3) is 0 Å². The molecule has 0 heterocycles. The van der Waals surface area contributed by atoms with Crippen LogP contribution >= 0.6 is 24.0 Å². The van der Waals surface area contributed by atoms with Crippen molar-refractivity contribution >= 4 is 41.5 Å². The first kappa shape index (κ1) is 26.4. The van der Waals surface area contributed by atoms with Crippen LogP contribution in [0.5, 0.6) is 0 Å². The Morgan fingerprint density at radius 2 is 1.79 bits per heavy atom. The Labute approximate surface area is 186 Å². The first-order valence-electron chi connectivity index (χ1n) is 9.29. The molecule has 0 unspecified atom stereocenters. The van der Waals surface area contributed by atoms with E-state index in [2.05, 4.69) is 39.7 Å². The molecule has 7 nitrogen and oxygen atoms in total. The number of para-hydroxylation sites is 1. The molecule has 0 atom stereocenters. The molecule has 2 N–H and O–H groups in total. The monoisotopic (exact) mass is 505 g/mol. The Hall–Kier alpha value is -1.55. The van der Waals surface area contributed by atoms with E-state index in [-0.39, 0.29) is 42.0 Å². The lowest BCUT2D eigenvalue weighted by molar-refractivity contribution is -0.127. The van der Waals surface area contributed by atoms with Crippen molar-refractivity contribution < 1.29 is 9.53 Å². The van der Waals surface area contributed by atoms with Gasteiger partial charge in [-0.3, -0.25) is 4.79 Å². The maximum atomic E-state index is 11.8. The van der Waals surface area contributed by atoms with Crippen LogP contribution in [-0.4, -0.2) is 76.8 Å². The fourth-order valence-corrected chi connectivity index (χ4v) is 2.17. The number of guanidine groups is 1. The number of aliphatic imine (C=N–C) groups is 1. The summed E-state index contributed by atoms with van der Waals surface area (Å²) in [5.41, 5.74) is 0.879. The molecular formula is C20H36IN5O2. The van der Waals surface area contributed by atoms with Crippen LogP contribution in [-0.2, 0) is 9.53 Å². The average Bonchev–Trinajstić information content (AvgIpc) is 2.66. The number of nitrogens with zero attached hydrogens (tertiary/aromatic N) is 3. The lowest BCUT2D eigenvalue weighted by Crippen LogP contribution is -2.46. The van der Waals surface area contributed by atoms with Gasteiger partial charge in [-0.05, 0) is 32.4 Å². The van der Waals surface area contributed by atoms with Gasteiger partial charge in [-0.2, -0.15) is 0 Å². The highest BCUT2D eigenvalue weighted by atomic mass is 127. The molecular weight excluding hydrogens is 469 g/mol. The molecule has 0 bridgehead atoms. The van der Waals surface area contributed by atoms with Gasteiger partial charge < -0.3 is 25.2 Å². The number of ether oxygens (including phenoxy) is 1. The number of halogens is 1. The van der Waals surface area contributed by atoms with Crippen LogP contribution in [0.4, 0.5) is 5.69 Å². The van der Waals surface area contributed by atoms with Crippen LogP contribution in [0, 0.1) is 0 Å². The highest BCUT2D eigenvalue weighted by Gasteiger charge is 2.16. The van der Waals surface area contributed by atoms with E-state index < -0.39 is 0 Å². The molecule has 0 fully saturated rings. The number of carbonyl (C=O) groups is 1. The van der Waals surface area contributed by atoms with Crippen molar-refractivity contribution in [2.24, 2.45) is 4.99 Å². The van der Waals surface area contributed by atoms with E-state index in [1.807, 2.05) is 32.0 Å². The summed E-state index contributed by atoms with van der Waals surface area (Å²) >= 11 is 0. The summed E-state index contributed by atoms with van der Waals surface area (Å²) in [4.78, 5) is 20.0. The molecule has 8 heteroatoms. The number of nitrogens with one attached hydrogen (secondary N) is 2. The van der Waals surface area contributed by atoms with Crippen LogP contribution in [0.15, 0.2) is 35.3 Å². The molecule has 0 saturated carbocycles. The molecule has 0 aliphatic carbocycles. The predicted octanol–water partition coefficient (Wildman–Crippen LogP) is 2.18. The second kappa shape index (κ2) is 13.6. The van der Waals surface area contributed by atoms with Crippen molar-refractivity contribution in [1.82, 2.24) is 15.5 Å². The van der Waals surface area contributed by atoms with Crippen LogP contribution in [0.2, 0.25) is 0 Å². The first-order chi connectivity index (χ1) is 12.7. The van der Waals surface area contributed by atoms with Gasteiger partial charge in [0.15, 0.2) is 5.96 Å². The molecule has 0 radical (unpaired) electrons. The molecule has 1 rings (SSSR count). The zero-order chi connectivity index (χ0) is 20.3. The number of hydrogen-bond donors (Lipinski definition) is 2. The quantitative estimate of drug-likeness (QED) is 0.221. The van der Waals surface area contributed by atoms with Crippen LogP contribution in [0.3, 0.4) is 0 Å². The molecule has 0 spiro atoms. The number of anilines is 1. The highest BCUT2D eigenvalue weighted by Crippen LogP contribution is 2.10. The predicted molar refractivity (Wildman–Crippen MR) is 128 cm³/mol. The minimum absolute atomic E-state index is 0. The van der Waals surface area contributed by atoms with Gasteiger partial charge in [0.1, 0.15) is 6.54 Å². The number of likely N-dealkylation sites (N-methyl/N-ethyl adjacent to an activating group) is 1. The van der Waals surface area contributed by atoms with Gasteiger partial charge in [0.05, 0.1) is 5.60 Å². The number of rotatable bonds is 10. The summed E-state index contributed by atoms with van der Waals surface area (Å²) in [5, 5.41) is 6.56. The van der Waals surface area contributed by atoms with E-state index in [4.69, 9.17) is 4.74 Å². The Kier molecular flexibility index (Phi) is 12.8. The van der Waals surface area contributed by atoms with E-state index in [1.54, 1.807) is 21.2 Å². The number of methoxy groups -OCH3 is 1. The first-order valence-corrected chi connectivity index (χ1v) is 9.29. The largest absolute Gasteiger partial charge is 0.377 e. The second-order valence-electron chi connectivity index (χ2n) is 7.31. The topological polar surface area (TPSA) is 69.2 Å². The summed E-state index contributed by atoms with van der Waals surface area (Å²) in [6, 6.07) is 10.3. The maximum Gasteiger partial charge on any atom is 0.243 e. The van der Waals surface area contributed by atoms with Gasteiger partial charge in [0.2, 0.25) is 5.91 Å². The third-order valence-electron chi connectivity index (χ3n) is 4.27. The fraction of sp³-hybridized carbons (Fsp3) is 0.600. The highest BCUT2D eigenvalue weighted by molar-refractivity contribution is 14.0. The van der Waals surface area contributed by atoms with Crippen molar-refractivity contribution in [3.8, 4) is 0 Å². The Balaban J connectivity index is 0.00000729. The smallest absolute Gasteiger partial charge is 0.243 e. The molecule has 1 aromatic carbocycles.